The van der Waals surface area contributed by atoms with Crippen LogP contribution in [-0.4, -0.2) is 57.2 Å². The van der Waals surface area contributed by atoms with E-state index in [2.05, 4.69) is 0 Å². The Hall–Kier alpha value is -2.44. The predicted octanol–water partition coefficient (Wildman–Crippen LogP) is 4.40. The van der Waals surface area contributed by atoms with Crippen LogP contribution >= 0.6 is 23.2 Å². The van der Waals surface area contributed by atoms with Crippen molar-refractivity contribution in [2.75, 3.05) is 12.5 Å². The van der Waals surface area contributed by atoms with Crippen LogP contribution in [0.25, 0.3) is 0 Å². The van der Waals surface area contributed by atoms with Crippen LogP contribution in [0.5, 0.6) is 0 Å². The van der Waals surface area contributed by atoms with Crippen LogP contribution in [0.3, 0.4) is 0 Å². The molecule has 4 unspecified atom stereocenters. The second-order valence-corrected chi connectivity index (χ2v) is 15.2. The molecular weight excluding hydrogens is 615 g/mol. The second kappa shape index (κ2) is 10.0. The topological polar surface area (TPSA) is 146 Å². The molecule has 1 N–H and O–H groups in total. The second-order valence-electron chi connectivity index (χ2n) is 14.3. The number of hydrogen-bond donors (Lipinski definition) is 1. The molecule has 1 saturated heterocycles. The predicted molar refractivity (Wildman–Crippen MR) is 158 cm³/mol. The van der Waals surface area contributed by atoms with E-state index in [-0.39, 0.29) is 41.4 Å². The lowest BCUT2D eigenvalue weighted by molar-refractivity contribution is -0.957. The molecule has 2 heterocycles. The lowest BCUT2D eigenvalue weighted by Crippen LogP contribution is -3.24. The van der Waals surface area contributed by atoms with E-state index in [1.54, 1.807) is 32.1 Å². The first-order chi connectivity index (χ1) is 20.5. The minimum atomic E-state index is -1.77. The number of esters is 1. The van der Waals surface area contributed by atoms with Crippen molar-refractivity contribution >= 4 is 35.0 Å². The first kappa shape index (κ1) is 31.5. The monoisotopic (exact) mass is 652 g/mol. The van der Waals surface area contributed by atoms with Gasteiger partial charge in [-0.1, -0.05) is 32.4 Å². The summed E-state index contributed by atoms with van der Waals surface area (Å²) in [6.07, 6.45) is 6.39. The summed E-state index contributed by atoms with van der Waals surface area (Å²) in [5, 5.41) is 25.4. The Morgan fingerprint density at radius 2 is 1.98 bits per heavy atom. The number of allylic oxidation sites excluding steroid dienone is 4. The summed E-state index contributed by atoms with van der Waals surface area (Å²) in [6.45, 7) is 9.28. The molecule has 1 aliphatic heterocycles. The molecule has 0 amide bonds. The van der Waals surface area contributed by atoms with E-state index in [1.807, 2.05) is 20.8 Å². The van der Waals surface area contributed by atoms with Crippen molar-refractivity contribution in [1.82, 2.24) is 0 Å². The number of furan rings is 1. The number of halogens is 2. The lowest BCUT2D eigenvalue weighted by atomic mass is 9.45. The van der Waals surface area contributed by atoms with Crippen LogP contribution in [0.15, 0.2) is 46.6 Å². The fraction of sp³-hybridized carbons (Fsp3) is 0.677. The van der Waals surface area contributed by atoms with Crippen molar-refractivity contribution < 1.29 is 38.5 Å². The third kappa shape index (κ3) is 3.79. The third-order valence-electron chi connectivity index (χ3n) is 11.8. The van der Waals surface area contributed by atoms with Gasteiger partial charge in [-0.2, -0.15) is 0 Å². The molecule has 4 fully saturated rings. The summed E-state index contributed by atoms with van der Waals surface area (Å²) in [6, 6.07) is 3.03. The van der Waals surface area contributed by atoms with Crippen molar-refractivity contribution in [3.63, 3.8) is 0 Å². The van der Waals surface area contributed by atoms with Gasteiger partial charge in [0.2, 0.25) is 11.4 Å². The highest BCUT2D eigenvalue weighted by atomic mass is 35.5. The number of rotatable bonds is 6. The molecule has 4 aliphatic carbocycles. The number of nitrogens with zero attached hydrogens (tertiary/aromatic N) is 1. The molecule has 0 bridgehead atoms. The maximum absolute atomic E-state index is 14.4. The molecule has 11 nitrogen and oxygen atoms in total. The number of fused-ring (bicyclic) bond motifs is 5. The normalized spacial score (nSPS) is 45.6. The van der Waals surface area contributed by atoms with Crippen LogP contribution in [0.1, 0.15) is 70.9 Å². The zero-order valence-corrected chi connectivity index (χ0v) is 26.9. The molecular formula is C31H38Cl2N2O9. The highest BCUT2D eigenvalue weighted by molar-refractivity contribution is 6.26. The summed E-state index contributed by atoms with van der Waals surface area (Å²) in [5.74, 6) is -2.50. The van der Waals surface area contributed by atoms with Crippen molar-refractivity contribution in [2.24, 2.45) is 28.6 Å². The van der Waals surface area contributed by atoms with Gasteiger partial charge in [-0.3, -0.25) is 4.79 Å². The Morgan fingerprint density at radius 1 is 1.25 bits per heavy atom. The fourth-order valence-electron chi connectivity index (χ4n) is 9.92. The SMILES string of the molecule is C[C@@H]1CC2C3CCC4=CC(=O)C=C[C@]4(C)[C@@]3(Cl)[C@@H](O[N+](=O)[O-])C[C@]2(C)[C@@]1(OC(=O)c1ccco1)C1(CCl)OCC(C)(C)[NH+]1[O-]. The number of hydrogen-bond acceptors (Lipinski definition) is 9. The van der Waals surface area contributed by atoms with E-state index in [0.717, 1.165) is 5.57 Å². The van der Waals surface area contributed by atoms with Gasteiger partial charge in [0.15, 0.2) is 5.78 Å². The molecule has 6 rings (SSSR count). The molecule has 0 spiro atoms. The van der Waals surface area contributed by atoms with E-state index >= 15 is 0 Å². The molecule has 3 saturated carbocycles. The van der Waals surface area contributed by atoms with E-state index in [1.165, 1.54) is 18.4 Å². The number of ether oxygens (including phenoxy) is 2. The van der Waals surface area contributed by atoms with Crippen LogP contribution in [0.4, 0.5) is 0 Å². The van der Waals surface area contributed by atoms with Crippen LogP contribution < -0.4 is 5.06 Å². The Labute approximate surface area is 265 Å². The highest BCUT2D eigenvalue weighted by Gasteiger charge is 2.83. The Morgan fingerprint density at radius 3 is 2.57 bits per heavy atom. The minimum Gasteiger partial charge on any atom is -0.632 e. The number of hydroxylamine groups is 2. The summed E-state index contributed by atoms with van der Waals surface area (Å²) < 4.78 is 18.4. The molecule has 240 valence electrons. The molecule has 10 atom stereocenters. The van der Waals surface area contributed by atoms with Gasteiger partial charge < -0.3 is 29.0 Å². The Balaban J connectivity index is 1.58. The number of carbonyl (C=O) groups excluding carboxylic acids is 2. The largest absolute Gasteiger partial charge is 0.632 e. The van der Waals surface area contributed by atoms with E-state index < -0.39 is 61.6 Å². The van der Waals surface area contributed by atoms with E-state index in [9.17, 15) is 24.9 Å². The number of alkyl halides is 2. The molecule has 44 heavy (non-hydrogen) atoms. The fourth-order valence-corrected chi connectivity index (χ4v) is 10.9. The Kier molecular flexibility index (Phi) is 7.19. The molecule has 0 aromatic carbocycles. The van der Waals surface area contributed by atoms with Crippen LogP contribution in [-0.2, 0) is 19.1 Å². The number of quaternary nitrogens is 1. The van der Waals surface area contributed by atoms with Gasteiger partial charge in [-0.15, -0.1) is 33.3 Å². The average Bonchev–Trinajstić information content (AvgIpc) is 3.63. The maximum atomic E-state index is 14.4. The summed E-state index contributed by atoms with van der Waals surface area (Å²) in [4.78, 5) is 42.5. The summed E-state index contributed by atoms with van der Waals surface area (Å²) in [5.41, 5.74) is -5.64. The molecule has 0 radical (unpaired) electrons. The van der Waals surface area contributed by atoms with E-state index in [0.29, 0.717) is 19.3 Å². The lowest BCUT2D eigenvalue weighted by Gasteiger charge is -2.65. The van der Waals surface area contributed by atoms with Gasteiger partial charge >= 0.3 is 5.97 Å². The molecule has 5 aliphatic rings. The number of ketones is 1. The van der Waals surface area contributed by atoms with Crippen molar-refractivity contribution in [1.29, 1.82) is 0 Å². The first-order valence-corrected chi connectivity index (χ1v) is 15.9. The third-order valence-corrected chi connectivity index (χ3v) is 13.1. The van der Waals surface area contributed by atoms with Crippen molar-refractivity contribution in [3.8, 4) is 0 Å². The minimum absolute atomic E-state index is 0.0468. The van der Waals surface area contributed by atoms with Crippen molar-refractivity contribution in [3.05, 3.63) is 63.3 Å². The smallest absolute Gasteiger partial charge is 0.375 e. The summed E-state index contributed by atoms with van der Waals surface area (Å²) >= 11 is 14.5. The zero-order chi connectivity index (χ0) is 32.1. The molecule has 1 aromatic rings. The standard InChI is InChI=1S/C31H38Cl2N2O9/c1-18-13-22-21-9-8-19-14-20(36)10-11-27(19,4)30(21,33)24(44-35(39)40)15-28(22,5)31(18,43-25(37)23-7-6-12-41-23)29(16-32)34(38)26(2,3)17-42-29/h6-7,10-12,14,18,21-22,24,34H,8-9,13,15-17H2,1-5H3/t18-,21?,22?,24+,27+,28+,29?,30+,31-/m1/s1. The van der Waals surface area contributed by atoms with Crippen LogP contribution in [0.2, 0.25) is 0 Å². The van der Waals surface area contributed by atoms with E-state index in [4.69, 9.17) is 41.9 Å². The first-order valence-electron chi connectivity index (χ1n) is 15.0. The maximum Gasteiger partial charge on any atom is 0.375 e. The quantitative estimate of drug-likeness (QED) is 0.155. The zero-order valence-electron chi connectivity index (χ0n) is 25.4. The van der Waals surface area contributed by atoms with Crippen LogP contribution in [0, 0.1) is 43.9 Å². The summed E-state index contributed by atoms with van der Waals surface area (Å²) in [7, 11) is 0. The van der Waals surface area contributed by atoms with Crippen molar-refractivity contribution in [2.45, 2.75) is 88.1 Å². The molecule has 13 heteroatoms. The number of carbonyl (C=O) groups is 2. The van der Waals surface area contributed by atoms with Gasteiger partial charge in [0.25, 0.3) is 10.8 Å². The van der Waals surface area contributed by atoms with Gasteiger partial charge in [0.1, 0.15) is 24.1 Å². The van der Waals surface area contributed by atoms with Gasteiger partial charge in [0.05, 0.1) is 11.1 Å². The Bertz CT molecular complexity index is 1450. The average molecular weight is 654 g/mol. The number of nitrogens with one attached hydrogen (secondary N) is 1. The van der Waals surface area contributed by atoms with Gasteiger partial charge in [-0.25, -0.2) is 4.79 Å². The molecule has 1 aromatic heterocycles. The highest BCUT2D eigenvalue weighted by Crippen LogP contribution is 2.74. The van der Waals surface area contributed by atoms with Gasteiger partial charge in [0, 0.05) is 16.7 Å². The van der Waals surface area contributed by atoms with Gasteiger partial charge in [-0.05, 0) is 75.7 Å².